The van der Waals surface area contributed by atoms with Gasteiger partial charge in [0.15, 0.2) is 0 Å². The van der Waals surface area contributed by atoms with Crippen molar-refractivity contribution < 1.29 is 9.90 Å². The average Bonchev–Trinajstić information content (AvgIpc) is 2.54. The third kappa shape index (κ3) is 2.76. The molecule has 1 aromatic heterocycles. The summed E-state index contributed by atoms with van der Waals surface area (Å²) in [5.41, 5.74) is 1.24. The number of rotatable bonds is 3. The van der Waals surface area contributed by atoms with Crippen LogP contribution in [0.4, 0.5) is 0 Å². The molecule has 1 amide bonds. The van der Waals surface area contributed by atoms with Crippen LogP contribution < -0.4 is 5.32 Å². The van der Waals surface area contributed by atoms with Crippen LogP contribution in [0.5, 0.6) is 5.75 Å². The number of aromatic hydroxyl groups is 1. The number of aromatic nitrogens is 1. The van der Waals surface area contributed by atoms with Crippen molar-refractivity contribution in [2.75, 3.05) is 0 Å². The first-order valence-electron chi connectivity index (χ1n) is 7.07. The van der Waals surface area contributed by atoms with Gasteiger partial charge in [0.1, 0.15) is 5.75 Å². The minimum absolute atomic E-state index is 0.0156. The third-order valence-electron chi connectivity index (χ3n) is 3.66. The summed E-state index contributed by atoms with van der Waals surface area (Å²) in [5.74, 6) is -0.314. The second-order valence-corrected chi connectivity index (χ2v) is 5.19. The molecule has 4 heteroatoms. The summed E-state index contributed by atoms with van der Waals surface area (Å²) in [6, 6.07) is 14.5. The molecule has 0 aliphatic heterocycles. The Morgan fingerprint density at radius 1 is 1.09 bits per heavy atom. The number of benzene rings is 2. The van der Waals surface area contributed by atoms with Crippen LogP contribution in [0.3, 0.4) is 0 Å². The Morgan fingerprint density at radius 3 is 2.41 bits per heavy atom. The summed E-state index contributed by atoms with van der Waals surface area (Å²) in [6.45, 7) is 1.89. The van der Waals surface area contributed by atoms with E-state index < -0.39 is 0 Å². The molecule has 22 heavy (non-hydrogen) atoms. The molecule has 3 aromatic rings. The Morgan fingerprint density at radius 2 is 1.73 bits per heavy atom. The molecule has 0 saturated heterocycles. The minimum atomic E-state index is -0.299. The van der Waals surface area contributed by atoms with E-state index in [0.717, 1.165) is 16.3 Å². The Kier molecular flexibility index (Phi) is 3.74. The lowest BCUT2D eigenvalue weighted by molar-refractivity contribution is 0.0937. The SMILES string of the molecule is C[C@@H](NC(=O)c1cc2ccccc2cc1O)c1ccncc1. The second kappa shape index (κ2) is 5.85. The molecular weight excluding hydrogens is 276 g/mol. The van der Waals surface area contributed by atoms with E-state index in [-0.39, 0.29) is 23.3 Å². The molecule has 110 valence electrons. The van der Waals surface area contributed by atoms with E-state index in [1.165, 1.54) is 0 Å². The van der Waals surface area contributed by atoms with Crippen LogP contribution in [-0.2, 0) is 0 Å². The Bertz CT molecular complexity index is 816. The predicted molar refractivity (Wildman–Crippen MR) is 85.7 cm³/mol. The average molecular weight is 292 g/mol. The fourth-order valence-corrected chi connectivity index (χ4v) is 2.42. The highest BCUT2D eigenvalue weighted by Gasteiger charge is 2.15. The number of phenolic OH excluding ortho intramolecular Hbond substituents is 1. The number of hydrogen-bond donors (Lipinski definition) is 2. The number of pyridine rings is 1. The third-order valence-corrected chi connectivity index (χ3v) is 3.66. The quantitative estimate of drug-likeness (QED) is 0.777. The predicted octanol–water partition coefficient (Wildman–Crippen LogP) is 3.43. The van der Waals surface area contributed by atoms with Gasteiger partial charge in [0.05, 0.1) is 11.6 Å². The number of nitrogens with zero attached hydrogens (tertiary/aromatic N) is 1. The molecule has 1 heterocycles. The van der Waals surface area contributed by atoms with Crippen molar-refractivity contribution >= 4 is 16.7 Å². The molecule has 4 nitrogen and oxygen atoms in total. The Hall–Kier alpha value is -2.88. The molecule has 2 N–H and O–H groups in total. The molecule has 3 rings (SSSR count). The molecular formula is C18H16N2O2. The zero-order chi connectivity index (χ0) is 15.5. The maximum absolute atomic E-state index is 12.4. The zero-order valence-corrected chi connectivity index (χ0v) is 12.2. The molecule has 0 fully saturated rings. The summed E-state index contributed by atoms with van der Waals surface area (Å²) in [7, 11) is 0. The van der Waals surface area contributed by atoms with E-state index in [9.17, 15) is 9.90 Å². The van der Waals surface area contributed by atoms with Gasteiger partial charge in [-0.15, -0.1) is 0 Å². The lowest BCUT2D eigenvalue weighted by atomic mass is 10.0. The first-order chi connectivity index (χ1) is 10.6. The van der Waals surface area contributed by atoms with E-state index in [1.54, 1.807) is 24.5 Å². The lowest BCUT2D eigenvalue weighted by Crippen LogP contribution is -2.26. The standard InChI is InChI=1S/C18H16N2O2/c1-12(13-6-8-19-9-7-13)20-18(22)16-10-14-4-2-3-5-15(14)11-17(16)21/h2-12,21H,1H3,(H,20,22)/t12-/m1/s1. The molecule has 0 aliphatic rings. The molecule has 0 saturated carbocycles. The maximum Gasteiger partial charge on any atom is 0.255 e. The molecule has 0 unspecified atom stereocenters. The monoisotopic (exact) mass is 292 g/mol. The van der Waals surface area contributed by atoms with E-state index in [4.69, 9.17) is 0 Å². The Labute approximate surface area is 128 Å². The first-order valence-corrected chi connectivity index (χ1v) is 7.07. The fraction of sp³-hybridized carbons (Fsp3) is 0.111. The van der Waals surface area contributed by atoms with Crippen molar-refractivity contribution in [3.63, 3.8) is 0 Å². The molecule has 0 aliphatic carbocycles. The van der Waals surface area contributed by atoms with Crippen molar-refractivity contribution in [3.05, 3.63) is 72.1 Å². The number of hydrogen-bond acceptors (Lipinski definition) is 3. The summed E-state index contributed by atoms with van der Waals surface area (Å²) >= 11 is 0. The highest BCUT2D eigenvalue weighted by atomic mass is 16.3. The van der Waals surface area contributed by atoms with Crippen LogP contribution >= 0.6 is 0 Å². The summed E-state index contributed by atoms with van der Waals surface area (Å²) in [4.78, 5) is 16.4. The van der Waals surface area contributed by atoms with E-state index in [2.05, 4.69) is 10.3 Å². The highest BCUT2D eigenvalue weighted by molar-refractivity contribution is 6.01. The van der Waals surface area contributed by atoms with Crippen molar-refractivity contribution in [3.8, 4) is 5.75 Å². The maximum atomic E-state index is 12.4. The molecule has 0 bridgehead atoms. The van der Waals surface area contributed by atoms with Gasteiger partial charge in [-0.2, -0.15) is 0 Å². The fourth-order valence-electron chi connectivity index (χ4n) is 2.42. The summed E-state index contributed by atoms with van der Waals surface area (Å²) in [6.07, 6.45) is 3.37. The van der Waals surface area contributed by atoms with Crippen molar-refractivity contribution in [1.29, 1.82) is 0 Å². The van der Waals surface area contributed by atoms with E-state index in [0.29, 0.717) is 0 Å². The minimum Gasteiger partial charge on any atom is -0.507 e. The number of phenols is 1. The van der Waals surface area contributed by atoms with E-state index >= 15 is 0 Å². The number of nitrogens with one attached hydrogen (secondary N) is 1. The van der Waals surface area contributed by atoms with Crippen molar-refractivity contribution in [2.24, 2.45) is 0 Å². The van der Waals surface area contributed by atoms with Crippen molar-refractivity contribution in [2.45, 2.75) is 13.0 Å². The highest BCUT2D eigenvalue weighted by Crippen LogP contribution is 2.25. The summed E-state index contributed by atoms with van der Waals surface area (Å²) < 4.78 is 0. The second-order valence-electron chi connectivity index (χ2n) is 5.19. The molecule has 2 aromatic carbocycles. The molecule has 0 radical (unpaired) electrons. The van der Waals surface area contributed by atoms with Crippen LogP contribution in [0.15, 0.2) is 60.9 Å². The topological polar surface area (TPSA) is 62.2 Å². The van der Waals surface area contributed by atoms with Gasteiger partial charge < -0.3 is 10.4 Å². The van der Waals surface area contributed by atoms with Crippen LogP contribution in [0.1, 0.15) is 28.9 Å². The van der Waals surface area contributed by atoms with Crippen LogP contribution in [0.25, 0.3) is 10.8 Å². The van der Waals surface area contributed by atoms with Gasteiger partial charge in [-0.05, 0) is 47.5 Å². The van der Waals surface area contributed by atoms with Gasteiger partial charge in [-0.3, -0.25) is 9.78 Å². The van der Waals surface area contributed by atoms with Crippen molar-refractivity contribution in [1.82, 2.24) is 10.3 Å². The Balaban J connectivity index is 1.87. The molecule has 0 spiro atoms. The van der Waals surface area contributed by atoms with E-state index in [1.807, 2.05) is 43.3 Å². The van der Waals surface area contributed by atoms with Gasteiger partial charge in [0, 0.05) is 12.4 Å². The van der Waals surface area contributed by atoms with Crippen LogP contribution in [0, 0.1) is 0 Å². The van der Waals surface area contributed by atoms with Gasteiger partial charge >= 0.3 is 0 Å². The number of carbonyl (C=O) groups excluding carboxylic acids is 1. The smallest absolute Gasteiger partial charge is 0.255 e. The zero-order valence-electron chi connectivity index (χ0n) is 12.2. The van der Waals surface area contributed by atoms with Crippen LogP contribution in [0.2, 0.25) is 0 Å². The van der Waals surface area contributed by atoms with Crippen LogP contribution in [-0.4, -0.2) is 16.0 Å². The largest absolute Gasteiger partial charge is 0.507 e. The lowest BCUT2D eigenvalue weighted by Gasteiger charge is -2.15. The van der Waals surface area contributed by atoms with Gasteiger partial charge in [-0.1, -0.05) is 24.3 Å². The number of fused-ring (bicyclic) bond motifs is 1. The normalized spacial score (nSPS) is 12.0. The summed E-state index contributed by atoms with van der Waals surface area (Å²) in [5, 5.41) is 14.8. The van der Waals surface area contributed by atoms with Gasteiger partial charge in [0.2, 0.25) is 0 Å². The first kappa shape index (κ1) is 14.1. The van der Waals surface area contributed by atoms with Gasteiger partial charge in [-0.25, -0.2) is 0 Å². The van der Waals surface area contributed by atoms with Gasteiger partial charge in [0.25, 0.3) is 5.91 Å². The molecule has 1 atom stereocenters. The number of carbonyl (C=O) groups is 1. The number of amides is 1.